The number of hydrogen-bond donors (Lipinski definition) is 3. The Morgan fingerprint density at radius 3 is 2.15 bits per heavy atom. The second kappa shape index (κ2) is 13.1. The van der Waals surface area contributed by atoms with Crippen molar-refractivity contribution in [2.24, 2.45) is 4.99 Å². The van der Waals surface area contributed by atoms with E-state index in [4.69, 9.17) is 0 Å². The molecule has 1 unspecified atom stereocenters. The fraction of sp³-hybridized carbons (Fsp3) is 0.333. The molecule has 0 fully saturated rings. The van der Waals surface area contributed by atoms with Gasteiger partial charge in [0.15, 0.2) is 5.96 Å². The third kappa shape index (κ3) is 9.42. The van der Waals surface area contributed by atoms with E-state index in [0.717, 1.165) is 18.4 Å². The number of hydrogen-bond acceptors (Lipinski definition) is 2. The summed E-state index contributed by atoms with van der Waals surface area (Å²) in [6.07, 6.45) is 1.99. The minimum atomic E-state index is -0.0614. The van der Waals surface area contributed by atoms with E-state index in [9.17, 15) is 4.79 Å². The van der Waals surface area contributed by atoms with Crippen LogP contribution in [0.5, 0.6) is 0 Å². The van der Waals surface area contributed by atoms with Crippen LogP contribution in [0.2, 0.25) is 0 Å². The monoisotopic (exact) mass is 480 g/mol. The lowest BCUT2D eigenvalue weighted by Gasteiger charge is -2.18. The van der Waals surface area contributed by atoms with Crippen LogP contribution < -0.4 is 16.0 Å². The Labute approximate surface area is 179 Å². The van der Waals surface area contributed by atoms with E-state index in [1.54, 1.807) is 7.05 Å². The smallest absolute Gasteiger partial charge is 0.239 e. The van der Waals surface area contributed by atoms with Crippen molar-refractivity contribution in [3.63, 3.8) is 0 Å². The van der Waals surface area contributed by atoms with Crippen LogP contribution >= 0.6 is 24.0 Å². The Kier molecular flexibility index (Phi) is 11.2. The predicted octanol–water partition coefficient (Wildman–Crippen LogP) is 3.11. The maximum Gasteiger partial charge on any atom is 0.239 e. The fourth-order valence-electron chi connectivity index (χ4n) is 2.55. The van der Waals surface area contributed by atoms with Crippen LogP contribution in [0, 0.1) is 0 Å². The summed E-state index contributed by atoms with van der Waals surface area (Å²) >= 11 is 0. The van der Waals surface area contributed by atoms with Gasteiger partial charge in [-0.15, -0.1) is 24.0 Å². The van der Waals surface area contributed by atoms with Gasteiger partial charge in [-0.05, 0) is 30.9 Å². The molecule has 146 valence electrons. The molecule has 5 nitrogen and oxygen atoms in total. The minimum Gasteiger partial charge on any atom is -0.354 e. The molecule has 0 aliphatic rings. The van der Waals surface area contributed by atoms with E-state index in [1.165, 1.54) is 5.56 Å². The molecule has 0 aliphatic heterocycles. The lowest BCUT2D eigenvalue weighted by molar-refractivity contribution is -0.120. The van der Waals surface area contributed by atoms with Gasteiger partial charge in [-0.1, -0.05) is 60.7 Å². The molecule has 0 bridgehead atoms. The number of aryl methyl sites for hydroxylation is 1. The molecule has 27 heavy (non-hydrogen) atoms. The Balaban J connectivity index is 0.00000364. The number of benzene rings is 2. The molecular weight excluding hydrogens is 451 g/mol. The SMILES string of the molecule is CN=C(NCC(=O)NCc1ccccc1)NC(C)CCc1ccccc1.I. The zero-order valence-corrected chi connectivity index (χ0v) is 18.3. The predicted molar refractivity (Wildman–Crippen MR) is 122 cm³/mol. The van der Waals surface area contributed by atoms with Gasteiger partial charge >= 0.3 is 0 Å². The highest BCUT2D eigenvalue weighted by atomic mass is 127. The second-order valence-electron chi connectivity index (χ2n) is 6.26. The van der Waals surface area contributed by atoms with Crippen molar-refractivity contribution >= 4 is 35.8 Å². The molecule has 1 amide bonds. The molecule has 0 aromatic heterocycles. The van der Waals surface area contributed by atoms with Crippen LogP contribution in [0.25, 0.3) is 0 Å². The summed E-state index contributed by atoms with van der Waals surface area (Å²) < 4.78 is 0. The summed E-state index contributed by atoms with van der Waals surface area (Å²) in [7, 11) is 1.71. The number of guanidine groups is 1. The molecule has 2 rings (SSSR count). The van der Waals surface area contributed by atoms with Crippen molar-refractivity contribution < 1.29 is 4.79 Å². The highest BCUT2D eigenvalue weighted by Gasteiger charge is 2.07. The molecule has 0 heterocycles. The van der Waals surface area contributed by atoms with Crippen molar-refractivity contribution in [3.8, 4) is 0 Å². The molecule has 1 atom stereocenters. The van der Waals surface area contributed by atoms with Crippen LogP contribution in [-0.2, 0) is 17.8 Å². The van der Waals surface area contributed by atoms with Crippen LogP contribution in [-0.4, -0.2) is 31.5 Å². The topological polar surface area (TPSA) is 65.5 Å². The van der Waals surface area contributed by atoms with Crippen molar-refractivity contribution in [3.05, 3.63) is 71.8 Å². The number of carbonyl (C=O) groups is 1. The Morgan fingerprint density at radius 1 is 0.963 bits per heavy atom. The molecular formula is C21H29IN4O. The normalized spacial score (nSPS) is 11.9. The van der Waals surface area contributed by atoms with E-state index < -0.39 is 0 Å². The Hall–Kier alpha value is -2.09. The Morgan fingerprint density at radius 2 is 1.56 bits per heavy atom. The van der Waals surface area contributed by atoms with Crippen molar-refractivity contribution in [1.82, 2.24) is 16.0 Å². The largest absolute Gasteiger partial charge is 0.354 e. The first-order chi connectivity index (χ1) is 12.7. The number of rotatable bonds is 8. The molecule has 2 aromatic carbocycles. The maximum atomic E-state index is 12.0. The Bertz CT molecular complexity index is 692. The van der Waals surface area contributed by atoms with Gasteiger partial charge in [-0.2, -0.15) is 0 Å². The van der Waals surface area contributed by atoms with Crippen LogP contribution in [0.1, 0.15) is 24.5 Å². The number of nitrogens with one attached hydrogen (secondary N) is 3. The van der Waals surface area contributed by atoms with Gasteiger partial charge < -0.3 is 16.0 Å². The third-order valence-electron chi connectivity index (χ3n) is 4.06. The van der Waals surface area contributed by atoms with E-state index >= 15 is 0 Å². The molecule has 0 saturated heterocycles. The first-order valence-corrected chi connectivity index (χ1v) is 8.99. The lowest BCUT2D eigenvalue weighted by atomic mass is 10.1. The van der Waals surface area contributed by atoms with E-state index in [-0.39, 0.29) is 42.5 Å². The van der Waals surface area contributed by atoms with Gasteiger partial charge in [0.2, 0.25) is 5.91 Å². The van der Waals surface area contributed by atoms with Crippen molar-refractivity contribution in [1.29, 1.82) is 0 Å². The van der Waals surface area contributed by atoms with Gasteiger partial charge in [-0.3, -0.25) is 9.79 Å². The van der Waals surface area contributed by atoms with Gasteiger partial charge in [0.1, 0.15) is 0 Å². The molecule has 0 saturated carbocycles. The minimum absolute atomic E-state index is 0. The summed E-state index contributed by atoms with van der Waals surface area (Å²) in [5.74, 6) is 0.578. The van der Waals surface area contributed by atoms with Crippen molar-refractivity contribution in [2.75, 3.05) is 13.6 Å². The van der Waals surface area contributed by atoms with E-state index in [0.29, 0.717) is 12.5 Å². The summed E-state index contributed by atoms with van der Waals surface area (Å²) in [5, 5.41) is 9.28. The summed E-state index contributed by atoms with van der Waals surface area (Å²) in [6.45, 7) is 2.84. The zero-order chi connectivity index (χ0) is 18.6. The highest BCUT2D eigenvalue weighted by Crippen LogP contribution is 2.04. The van der Waals surface area contributed by atoms with Crippen molar-refractivity contribution in [2.45, 2.75) is 32.4 Å². The first kappa shape index (κ1) is 23.0. The number of carbonyl (C=O) groups excluding carboxylic acids is 1. The van der Waals surface area contributed by atoms with Crippen LogP contribution in [0.3, 0.4) is 0 Å². The van der Waals surface area contributed by atoms with Gasteiger partial charge in [-0.25, -0.2) is 0 Å². The van der Waals surface area contributed by atoms with E-state index in [2.05, 4.69) is 52.1 Å². The van der Waals surface area contributed by atoms with Crippen LogP contribution in [0.4, 0.5) is 0 Å². The average molecular weight is 480 g/mol. The second-order valence-corrected chi connectivity index (χ2v) is 6.26. The number of aliphatic imine (C=N–C) groups is 1. The average Bonchev–Trinajstić information content (AvgIpc) is 2.69. The first-order valence-electron chi connectivity index (χ1n) is 8.99. The number of nitrogens with zero attached hydrogens (tertiary/aromatic N) is 1. The molecule has 0 radical (unpaired) electrons. The standard InChI is InChI=1S/C21H28N4O.HI/c1-17(13-14-18-9-5-3-6-10-18)25-21(22-2)24-16-20(26)23-15-19-11-7-4-8-12-19;/h3-12,17H,13-16H2,1-2H3,(H,23,26)(H2,22,24,25);1H. The van der Waals surface area contributed by atoms with Gasteiger partial charge in [0, 0.05) is 19.6 Å². The molecule has 3 N–H and O–H groups in total. The third-order valence-corrected chi connectivity index (χ3v) is 4.06. The lowest BCUT2D eigenvalue weighted by Crippen LogP contribution is -2.46. The zero-order valence-electron chi connectivity index (χ0n) is 15.9. The highest BCUT2D eigenvalue weighted by molar-refractivity contribution is 14.0. The van der Waals surface area contributed by atoms with Gasteiger partial charge in [0.25, 0.3) is 0 Å². The summed E-state index contributed by atoms with van der Waals surface area (Å²) in [6, 6.07) is 20.5. The maximum absolute atomic E-state index is 12.0. The molecule has 6 heteroatoms. The van der Waals surface area contributed by atoms with E-state index in [1.807, 2.05) is 36.4 Å². The molecule has 2 aromatic rings. The van der Waals surface area contributed by atoms with Crippen LogP contribution in [0.15, 0.2) is 65.7 Å². The fourth-order valence-corrected chi connectivity index (χ4v) is 2.55. The quantitative estimate of drug-likeness (QED) is 0.309. The number of amides is 1. The molecule has 0 aliphatic carbocycles. The van der Waals surface area contributed by atoms with Gasteiger partial charge in [0.05, 0.1) is 6.54 Å². The summed E-state index contributed by atoms with van der Waals surface area (Å²) in [4.78, 5) is 16.2. The molecule has 0 spiro atoms. The number of halogens is 1. The summed E-state index contributed by atoms with van der Waals surface area (Å²) in [5.41, 5.74) is 2.40.